The monoisotopic (exact) mass is 462 g/mol. The van der Waals surface area contributed by atoms with E-state index in [0.717, 1.165) is 39.5 Å². The maximum absolute atomic E-state index is 13.7. The Morgan fingerprint density at radius 1 is 0.771 bits per heavy atom. The number of aromatic nitrogens is 3. The summed E-state index contributed by atoms with van der Waals surface area (Å²) in [6, 6.07) is 24.5. The second-order valence-electron chi connectivity index (χ2n) is 9.37. The summed E-state index contributed by atoms with van der Waals surface area (Å²) in [5.41, 5.74) is 7.95. The van der Waals surface area contributed by atoms with Crippen LogP contribution in [-0.2, 0) is 14.1 Å². The highest BCUT2D eigenvalue weighted by molar-refractivity contribution is 5.99. The molecule has 3 heterocycles. The Hall–Kier alpha value is -4.32. The van der Waals surface area contributed by atoms with E-state index in [1.54, 1.807) is 18.7 Å². The first-order valence-electron chi connectivity index (χ1n) is 11.7. The van der Waals surface area contributed by atoms with Gasteiger partial charge in [-0.1, -0.05) is 71.8 Å². The van der Waals surface area contributed by atoms with Crippen LogP contribution in [0.1, 0.15) is 28.4 Å². The molecular formula is C29H26N4O2. The summed E-state index contributed by atoms with van der Waals surface area (Å²) in [4.78, 5) is 26.8. The van der Waals surface area contributed by atoms with Gasteiger partial charge in [0.25, 0.3) is 5.56 Å². The average molecular weight is 463 g/mol. The van der Waals surface area contributed by atoms with Crippen LogP contribution in [0.25, 0.3) is 27.8 Å². The molecule has 6 rings (SSSR count). The first kappa shape index (κ1) is 21.2. The van der Waals surface area contributed by atoms with Gasteiger partial charge in [0.05, 0.1) is 39.7 Å². The topological polar surface area (TPSA) is 61.0 Å². The molecule has 0 spiro atoms. The summed E-state index contributed by atoms with van der Waals surface area (Å²) >= 11 is 0. The Labute approximate surface area is 202 Å². The molecule has 0 aliphatic carbocycles. The first-order valence-corrected chi connectivity index (χ1v) is 11.7. The number of aryl methyl sites for hydroxylation is 3. The van der Waals surface area contributed by atoms with Crippen LogP contribution in [-0.4, -0.2) is 13.7 Å². The van der Waals surface area contributed by atoms with Crippen molar-refractivity contribution in [1.29, 1.82) is 0 Å². The smallest absolute Gasteiger partial charge is 0.331 e. The van der Waals surface area contributed by atoms with Crippen LogP contribution in [0.15, 0.2) is 82.4 Å². The van der Waals surface area contributed by atoms with Crippen LogP contribution in [0.2, 0.25) is 0 Å². The van der Waals surface area contributed by atoms with Crippen LogP contribution < -0.4 is 16.6 Å². The number of nitrogens with zero attached hydrogens (tertiary/aromatic N) is 3. The highest BCUT2D eigenvalue weighted by atomic mass is 16.2. The Morgan fingerprint density at radius 3 is 2.09 bits per heavy atom. The third-order valence-corrected chi connectivity index (χ3v) is 7.06. The van der Waals surface area contributed by atoms with Gasteiger partial charge in [0.15, 0.2) is 0 Å². The summed E-state index contributed by atoms with van der Waals surface area (Å²) in [7, 11) is 3.29. The molecule has 0 fully saturated rings. The van der Waals surface area contributed by atoms with E-state index in [2.05, 4.69) is 65.3 Å². The number of nitrogens with one attached hydrogen (secondary N) is 1. The molecule has 0 saturated heterocycles. The second kappa shape index (κ2) is 7.60. The zero-order valence-corrected chi connectivity index (χ0v) is 20.2. The first-order chi connectivity index (χ1) is 16.9. The minimum atomic E-state index is -0.340. The Morgan fingerprint density at radius 2 is 1.40 bits per heavy atom. The van der Waals surface area contributed by atoms with Crippen LogP contribution in [0.5, 0.6) is 0 Å². The van der Waals surface area contributed by atoms with E-state index in [4.69, 9.17) is 0 Å². The molecule has 1 unspecified atom stereocenters. The van der Waals surface area contributed by atoms with Gasteiger partial charge in [0, 0.05) is 14.1 Å². The molecule has 0 saturated carbocycles. The minimum absolute atomic E-state index is 0.245. The summed E-state index contributed by atoms with van der Waals surface area (Å²) in [5.74, 6) is 0. The quantitative estimate of drug-likeness (QED) is 0.409. The van der Waals surface area contributed by atoms with Crippen molar-refractivity contribution >= 4 is 16.6 Å². The summed E-state index contributed by atoms with van der Waals surface area (Å²) < 4.78 is 4.98. The standard InChI is InChI=1S/C29H26N4O2/c1-17-9-13-19(14-10-17)24-27-26-23(28(34)32(4)29(35)31(26)3)25(20-15-11-18(2)12-16-20)33(27)22-8-6-5-7-21(22)30-24/h5-16,24,30H,1-4H3. The molecule has 0 amide bonds. The fourth-order valence-electron chi connectivity index (χ4n) is 5.21. The van der Waals surface area contributed by atoms with E-state index < -0.39 is 0 Å². The molecule has 1 aliphatic heterocycles. The fourth-order valence-corrected chi connectivity index (χ4v) is 5.21. The van der Waals surface area contributed by atoms with Gasteiger partial charge in [-0.15, -0.1) is 0 Å². The lowest BCUT2D eigenvalue weighted by Crippen LogP contribution is -2.37. The third kappa shape index (κ3) is 3.03. The van der Waals surface area contributed by atoms with Crippen LogP contribution in [0.4, 0.5) is 5.69 Å². The van der Waals surface area contributed by atoms with Crippen LogP contribution >= 0.6 is 0 Å². The van der Waals surface area contributed by atoms with Crippen molar-refractivity contribution in [3.63, 3.8) is 0 Å². The Bertz CT molecular complexity index is 1740. The number of hydrogen-bond donors (Lipinski definition) is 1. The zero-order chi connectivity index (χ0) is 24.4. The van der Waals surface area contributed by atoms with Crippen molar-refractivity contribution in [1.82, 2.24) is 13.7 Å². The van der Waals surface area contributed by atoms with Gasteiger partial charge in [-0.25, -0.2) is 4.79 Å². The van der Waals surface area contributed by atoms with Gasteiger partial charge in [-0.2, -0.15) is 0 Å². The van der Waals surface area contributed by atoms with E-state index in [1.807, 2.05) is 31.2 Å². The van der Waals surface area contributed by atoms with Gasteiger partial charge >= 0.3 is 5.69 Å². The summed E-state index contributed by atoms with van der Waals surface area (Å²) in [5, 5.41) is 4.24. The summed E-state index contributed by atoms with van der Waals surface area (Å²) in [6.07, 6.45) is 0. The predicted octanol–water partition coefficient (Wildman–Crippen LogP) is 4.83. The molecule has 0 radical (unpaired) electrons. The lowest BCUT2D eigenvalue weighted by atomic mass is 9.98. The molecule has 1 atom stereocenters. The van der Waals surface area contributed by atoms with E-state index in [9.17, 15) is 9.59 Å². The van der Waals surface area contributed by atoms with Crippen molar-refractivity contribution in [2.75, 3.05) is 5.32 Å². The molecule has 2 aromatic heterocycles. The van der Waals surface area contributed by atoms with Crippen molar-refractivity contribution < 1.29 is 0 Å². The Balaban J connectivity index is 1.85. The van der Waals surface area contributed by atoms with E-state index in [-0.39, 0.29) is 17.3 Å². The third-order valence-electron chi connectivity index (χ3n) is 7.06. The van der Waals surface area contributed by atoms with Crippen molar-refractivity contribution in [2.24, 2.45) is 14.1 Å². The Kier molecular flexibility index (Phi) is 4.61. The molecular weight excluding hydrogens is 436 g/mol. The van der Waals surface area contributed by atoms with Gasteiger partial charge in [0.1, 0.15) is 0 Å². The molecule has 6 nitrogen and oxygen atoms in total. The molecule has 3 aromatic carbocycles. The van der Waals surface area contributed by atoms with Gasteiger partial charge in [-0.3, -0.25) is 13.9 Å². The number of hydrogen-bond acceptors (Lipinski definition) is 3. The fraction of sp³-hybridized carbons (Fsp3) is 0.172. The van der Waals surface area contributed by atoms with Gasteiger partial charge < -0.3 is 9.88 Å². The van der Waals surface area contributed by atoms with Crippen molar-refractivity contribution in [3.05, 3.63) is 116 Å². The number of rotatable bonds is 2. The van der Waals surface area contributed by atoms with Gasteiger partial charge in [-0.05, 0) is 37.1 Å². The second-order valence-corrected chi connectivity index (χ2v) is 9.37. The molecule has 1 aliphatic rings. The van der Waals surface area contributed by atoms with Gasteiger partial charge in [0.2, 0.25) is 0 Å². The molecule has 35 heavy (non-hydrogen) atoms. The lowest BCUT2D eigenvalue weighted by molar-refractivity contribution is 0.708. The van der Waals surface area contributed by atoms with E-state index in [0.29, 0.717) is 10.9 Å². The number of benzene rings is 3. The van der Waals surface area contributed by atoms with Crippen LogP contribution in [0.3, 0.4) is 0 Å². The maximum atomic E-state index is 13.7. The predicted molar refractivity (Wildman–Crippen MR) is 141 cm³/mol. The number of para-hydroxylation sites is 2. The molecule has 1 N–H and O–H groups in total. The van der Waals surface area contributed by atoms with Crippen LogP contribution in [0, 0.1) is 13.8 Å². The largest absolute Gasteiger partial charge is 0.371 e. The highest BCUT2D eigenvalue weighted by Crippen LogP contribution is 2.45. The number of anilines is 1. The highest BCUT2D eigenvalue weighted by Gasteiger charge is 2.34. The summed E-state index contributed by atoms with van der Waals surface area (Å²) in [6.45, 7) is 4.11. The lowest BCUT2D eigenvalue weighted by Gasteiger charge is -2.31. The van der Waals surface area contributed by atoms with E-state index in [1.165, 1.54) is 10.1 Å². The van der Waals surface area contributed by atoms with Crippen molar-refractivity contribution in [2.45, 2.75) is 19.9 Å². The normalized spacial score (nSPS) is 14.5. The molecule has 5 aromatic rings. The average Bonchev–Trinajstić information content (AvgIpc) is 3.23. The minimum Gasteiger partial charge on any atom is -0.371 e. The van der Waals surface area contributed by atoms with E-state index >= 15 is 0 Å². The zero-order valence-electron chi connectivity index (χ0n) is 20.2. The molecule has 6 heteroatoms. The molecule has 0 bridgehead atoms. The number of fused-ring (bicyclic) bond motifs is 5. The SMILES string of the molecule is Cc1ccc(-c2c3c(=O)n(C)c(=O)n(C)c3c3n2-c2ccccc2NC3c2ccc(C)cc2)cc1. The van der Waals surface area contributed by atoms with Crippen molar-refractivity contribution in [3.8, 4) is 16.9 Å². The maximum Gasteiger partial charge on any atom is 0.331 e. The molecule has 174 valence electrons.